The van der Waals surface area contributed by atoms with Gasteiger partial charge < -0.3 is 0 Å². The van der Waals surface area contributed by atoms with E-state index >= 15 is 0 Å². The minimum absolute atomic E-state index is 0.119. The van der Waals surface area contributed by atoms with E-state index in [9.17, 15) is 16.8 Å². The molecule has 0 saturated carbocycles. The van der Waals surface area contributed by atoms with Crippen molar-refractivity contribution in [1.29, 1.82) is 0 Å². The van der Waals surface area contributed by atoms with E-state index in [0.29, 0.717) is 17.2 Å². The third-order valence-corrected chi connectivity index (χ3v) is 9.50. The van der Waals surface area contributed by atoms with Crippen molar-refractivity contribution in [2.45, 2.75) is 50.3 Å². The number of hydrogen-bond donors (Lipinski definition) is 0. The Morgan fingerprint density at radius 2 is 1.38 bits per heavy atom. The zero-order chi connectivity index (χ0) is 17.6. The first-order valence-electron chi connectivity index (χ1n) is 8.35. The second-order valence-corrected chi connectivity index (χ2v) is 11.7. The smallest absolute Gasteiger partial charge is 0.212 e. The van der Waals surface area contributed by atoms with Gasteiger partial charge in [-0.05, 0) is 17.9 Å². The lowest BCUT2D eigenvalue weighted by molar-refractivity contribution is 0.576. The van der Waals surface area contributed by atoms with Gasteiger partial charge in [-0.15, -0.1) is 0 Å². The molecule has 0 bridgehead atoms. The van der Waals surface area contributed by atoms with E-state index in [1.54, 1.807) is 36.4 Å². The van der Waals surface area contributed by atoms with Crippen molar-refractivity contribution in [2.24, 2.45) is 0 Å². The highest BCUT2D eigenvalue weighted by Gasteiger charge is 2.32. The predicted molar refractivity (Wildman–Crippen MR) is 98.3 cm³/mol. The zero-order valence-corrected chi connectivity index (χ0v) is 15.6. The third kappa shape index (κ3) is 4.16. The molecule has 0 atom stereocenters. The molecule has 0 heterocycles. The Morgan fingerprint density at radius 3 is 2.12 bits per heavy atom. The zero-order valence-electron chi connectivity index (χ0n) is 13.9. The van der Waals surface area contributed by atoms with Crippen LogP contribution in [0, 0.1) is 0 Å². The van der Waals surface area contributed by atoms with Gasteiger partial charge in [-0.1, -0.05) is 75.4 Å². The molecule has 0 saturated heterocycles. The molecule has 2 aromatic rings. The quantitative estimate of drug-likeness (QED) is 0.489. The molecule has 2 rings (SSSR count). The largest absolute Gasteiger partial charge is 0.282 e. The van der Waals surface area contributed by atoms with Crippen LogP contribution in [-0.2, 0) is 17.7 Å². The van der Waals surface area contributed by atoms with Crippen molar-refractivity contribution >= 4 is 28.5 Å². The molecule has 0 aliphatic heterocycles. The van der Waals surface area contributed by atoms with E-state index in [2.05, 4.69) is 6.92 Å². The Bertz CT molecular complexity index is 879. The van der Waals surface area contributed by atoms with Crippen molar-refractivity contribution < 1.29 is 16.8 Å². The first-order chi connectivity index (χ1) is 11.4. The van der Waals surface area contributed by atoms with E-state index in [0.717, 1.165) is 32.1 Å². The van der Waals surface area contributed by atoms with E-state index in [-0.39, 0.29) is 10.6 Å². The molecule has 4 nitrogen and oxygen atoms in total. The normalized spacial score (nSPS) is 12.5. The lowest BCUT2D eigenvalue weighted by Gasteiger charge is -2.09. The highest BCUT2D eigenvalue weighted by atomic mass is 33.2. The molecule has 0 unspecified atom stereocenters. The standard InChI is InChI=1S/C18H24O4S2/c1-2-3-4-5-6-9-15-23(19,20)24(21,22)18-14-10-12-16-11-7-8-13-17(16)18/h7-8,10-14H,2-6,9,15H2,1H3. The Balaban J connectivity index is 2.19. The summed E-state index contributed by atoms with van der Waals surface area (Å²) in [6, 6.07) is 11.6. The average Bonchev–Trinajstić information content (AvgIpc) is 2.57. The fourth-order valence-corrected chi connectivity index (χ4v) is 6.74. The van der Waals surface area contributed by atoms with Crippen LogP contribution in [0.2, 0.25) is 0 Å². The summed E-state index contributed by atoms with van der Waals surface area (Å²) in [5.41, 5.74) is 0. The molecule has 132 valence electrons. The Labute approximate surface area is 144 Å². The van der Waals surface area contributed by atoms with Gasteiger partial charge in [0.2, 0.25) is 0 Å². The van der Waals surface area contributed by atoms with Gasteiger partial charge >= 0.3 is 0 Å². The van der Waals surface area contributed by atoms with Gasteiger partial charge in [0, 0.05) is 5.39 Å². The molecule has 0 aliphatic carbocycles. The number of rotatable bonds is 9. The van der Waals surface area contributed by atoms with Crippen molar-refractivity contribution in [3.63, 3.8) is 0 Å². The highest BCUT2D eigenvalue weighted by molar-refractivity contribution is 8.67. The maximum Gasteiger partial charge on any atom is 0.282 e. The topological polar surface area (TPSA) is 68.3 Å². The van der Waals surface area contributed by atoms with Crippen LogP contribution in [0.25, 0.3) is 10.8 Å². The third-order valence-electron chi connectivity index (χ3n) is 4.10. The van der Waals surface area contributed by atoms with Crippen LogP contribution in [0.5, 0.6) is 0 Å². The Morgan fingerprint density at radius 1 is 0.750 bits per heavy atom. The molecule has 0 aromatic heterocycles. The molecule has 24 heavy (non-hydrogen) atoms. The van der Waals surface area contributed by atoms with Crippen LogP contribution in [-0.4, -0.2) is 22.6 Å². The Kier molecular flexibility index (Phi) is 6.40. The van der Waals surface area contributed by atoms with Crippen molar-refractivity contribution in [2.75, 3.05) is 5.75 Å². The highest BCUT2D eigenvalue weighted by Crippen LogP contribution is 2.27. The molecule has 6 heteroatoms. The molecule has 0 amide bonds. The fraction of sp³-hybridized carbons (Fsp3) is 0.444. The summed E-state index contributed by atoms with van der Waals surface area (Å²) in [6.07, 6.45) is 5.37. The summed E-state index contributed by atoms with van der Waals surface area (Å²) in [6.45, 7) is 2.11. The average molecular weight is 369 g/mol. The molecular formula is C18H24O4S2. The van der Waals surface area contributed by atoms with Crippen LogP contribution in [0.1, 0.15) is 45.4 Å². The summed E-state index contributed by atoms with van der Waals surface area (Å²) >= 11 is 0. The SMILES string of the molecule is CCCCCCCCS(=O)(=O)S(=O)(=O)c1cccc2ccccc12. The van der Waals surface area contributed by atoms with E-state index in [1.165, 1.54) is 6.07 Å². The molecule has 0 aliphatic rings. The predicted octanol–water partition coefficient (Wildman–Crippen LogP) is 4.30. The summed E-state index contributed by atoms with van der Waals surface area (Å²) in [5.74, 6) is -0.315. The molecule has 0 spiro atoms. The number of hydrogen-bond acceptors (Lipinski definition) is 4. The van der Waals surface area contributed by atoms with Gasteiger partial charge in [-0.3, -0.25) is 0 Å². The van der Waals surface area contributed by atoms with E-state index in [4.69, 9.17) is 0 Å². The van der Waals surface area contributed by atoms with Gasteiger partial charge in [0.1, 0.15) is 0 Å². The van der Waals surface area contributed by atoms with E-state index in [1.807, 2.05) is 0 Å². The maximum atomic E-state index is 12.6. The van der Waals surface area contributed by atoms with Gasteiger partial charge in [0.25, 0.3) is 17.7 Å². The minimum atomic E-state index is -4.39. The molecule has 0 N–H and O–H groups in total. The minimum Gasteiger partial charge on any atom is -0.212 e. The first-order valence-corrected chi connectivity index (χ1v) is 12.0. The summed E-state index contributed by atoms with van der Waals surface area (Å²) < 4.78 is 50.1. The molecular weight excluding hydrogens is 344 g/mol. The second-order valence-electron chi connectivity index (χ2n) is 5.96. The van der Waals surface area contributed by atoms with E-state index < -0.39 is 17.7 Å². The van der Waals surface area contributed by atoms with Gasteiger partial charge in [0.15, 0.2) is 0 Å². The number of benzene rings is 2. The van der Waals surface area contributed by atoms with Crippen LogP contribution in [0.15, 0.2) is 47.4 Å². The Hall–Kier alpha value is -1.40. The van der Waals surface area contributed by atoms with Crippen molar-refractivity contribution in [1.82, 2.24) is 0 Å². The number of unbranched alkanes of at least 4 members (excludes halogenated alkanes) is 5. The number of fused-ring (bicyclic) bond motifs is 1. The maximum absolute atomic E-state index is 12.6. The van der Waals surface area contributed by atoms with Crippen molar-refractivity contribution in [3.8, 4) is 0 Å². The molecule has 0 fully saturated rings. The van der Waals surface area contributed by atoms with Gasteiger partial charge in [0.05, 0.1) is 10.6 Å². The first kappa shape index (κ1) is 18.9. The van der Waals surface area contributed by atoms with Crippen LogP contribution in [0.3, 0.4) is 0 Å². The monoisotopic (exact) mass is 368 g/mol. The van der Waals surface area contributed by atoms with Gasteiger partial charge in [-0.25, -0.2) is 16.8 Å². The van der Waals surface area contributed by atoms with Crippen molar-refractivity contribution in [3.05, 3.63) is 42.5 Å². The lowest BCUT2D eigenvalue weighted by Crippen LogP contribution is -2.19. The fourth-order valence-electron chi connectivity index (χ4n) is 2.72. The summed E-state index contributed by atoms with van der Waals surface area (Å²) in [7, 11) is -8.62. The lowest BCUT2D eigenvalue weighted by atomic mass is 10.1. The molecule has 0 radical (unpaired) electrons. The summed E-state index contributed by atoms with van der Waals surface area (Å²) in [4.78, 5) is -0.119. The second kappa shape index (κ2) is 8.12. The van der Waals surface area contributed by atoms with Gasteiger partial charge in [-0.2, -0.15) is 0 Å². The molecule has 2 aromatic carbocycles. The summed E-state index contributed by atoms with van der Waals surface area (Å²) in [5, 5.41) is 1.17. The van der Waals surface area contributed by atoms with Crippen LogP contribution in [0.4, 0.5) is 0 Å². The van der Waals surface area contributed by atoms with Crippen LogP contribution >= 0.6 is 0 Å². The van der Waals surface area contributed by atoms with Crippen LogP contribution < -0.4 is 0 Å².